The second kappa shape index (κ2) is 3.24. The molecule has 0 fully saturated rings. The van der Waals surface area contributed by atoms with Crippen LogP contribution in [0.3, 0.4) is 0 Å². The van der Waals surface area contributed by atoms with Crippen molar-refractivity contribution < 1.29 is 9.13 Å². The SMILES string of the molecule is CC1(c2ccc(Cl)c(F)c2)CO[C]=N1. The van der Waals surface area contributed by atoms with Crippen LogP contribution in [0.5, 0.6) is 0 Å². The molecule has 0 saturated heterocycles. The maximum Gasteiger partial charge on any atom is 0.274 e. The molecule has 14 heavy (non-hydrogen) atoms. The van der Waals surface area contributed by atoms with E-state index in [2.05, 4.69) is 11.4 Å². The van der Waals surface area contributed by atoms with Gasteiger partial charge in [0.25, 0.3) is 6.40 Å². The molecular formula is C10H8ClFNO. The molecule has 0 N–H and O–H groups in total. The van der Waals surface area contributed by atoms with Crippen LogP contribution in [0.15, 0.2) is 23.2 Å². The highest BCUT2D eigenvalue weighted by Crippen LogP contribution is 2.30. The highest BCUT2D eigenvalue weighted by molar-refractivity contribution is 6.30. The van der Waals surface area contributed by atoms with Crippen LogP contribution >= 0.6 is 11.6 Å². The van der Waals surface area contributed by atoms with Gasteiger partial charge in [-0.05, 0) is 24.6 Å². The van der Waals surface area contributed by atoms with E-state index in [1.165, 1.54) is 12.1 Å². The average molecular weight is 213 g/mol. The molecule has 1 heterocycles. The smallest absolute Gasteiger partial charge is 0.274 e. The fourth-order valence-electron chi connectivity index (χ4n) is 1.32. The molecule has 0 spiro atoms. The van der Waals surface area contributed by atoms with Crippen molar-refractivity contribution in [1.29, 1.82) is 0 Å². The summed E-state index contributed by atoms with van der Waals surface area (Å²) in [7, 11) is 0. The fraction of sp³-hybridized carbons (Fsp3) is 0.300. The number of hydrogen-bond acceptors (Lipinski definition) is 2. The Morgan fingerprint density at radius 1 is 1.64 bits per heavy atom. The van der Waals surface area contributed by atoms with Gasteiger partial charge in [-0.25, -0.2) is 9.38 Å². The first-order valence-electron chi connectivity index (χ1n) is 4.16. The number of rotatable bonds is 1. The summed E-state index contributed by atoms with van der Waals surface area (Å²) in [6.45, 7) is 2.24. The first-order chi connectivity index (χ1) is 6.62. The van der Waals surface area contributed by atoms with E-state index in [0.29, 0.717) is 6.61 Å². The third-order valence-electron chi connectivity index (χ3n) is 2.25. The second-order valence-corrected chi connectivity index (χ2v) is 3.80. The summed E-state index contributed by atoms with van der Waals surface area (Å²) in [5.74, 6) is -0.438. The molecule has 0 aliphatic carbocycles. The molecule has 73 valence electrons. The first-order valence-corrected chi connectivity index (χ1v) is 4.54. The Morgan fingerprint density at radius 2 is 2.43 bits per heavy atom. The van der Waals surface area contributed by atoms with Gasteiger partial charge < -0.3 is 4.74 Å². The van der Waals surface area contributed by atoms with Gasteiger partial charge in [0, 0.05) is 0 Å². The molecule has 0 aromatic heterocycles. The maximum absolute atomic E-state index is 13.2. The predicted molar refractivity (Wildman–Crippen MR) is 52.1 cm³/mol. The minimum Gasteiger partial charge on any atom is -0.471 e. The molecule has 0 bridgehead atoms. The third kappa shape index (κ3) is 1.48. The normalized spacial score (nSPS) is 25.1. The van der Waals surface area contributed by atoms with Crippen LogP contribution < -0.4 is 0 Å². The van der Waals surface area contributed by atoms with E-state index in [1.54, 1.807) is 6.07 Å². The highest BCUT2D eigenvalue weighted by Gasteiger charge is 2.30. The zero-order valence-corrected chi connectivity index (χ0v) is 8.31. The van der Waals surface area contributed by atoms with Crippen molar-refractivity contribution in [2.75, 3.05) is 6.61 Å². The van der Waals surface area contributed by atoms with Crippen LogP contribution in [-0.4, -0.2) is 13.0 Å². The summed E-state index contributed by atoms with van der Waals surface area (Å²) in [4.78, 5) is 4.03. The molecule has 1 aromatic carbocycles. The lowest BCUT2D eigenvalue weighted by atomic mass is 9.94. The summed E-state index contributed by atoms with van der Waals surface area (Å²) >= 11 is 5.58. The van der Waals surface area contributed by atoms with E-state index in [0.717, 1.165) is 5.56 Å². The first kappa shape index (κ1) is 9.46. The molecule has 1 unspecified atom stereocenters. The van der Waals surface area contributed by atoms with Crippen LogP contribution in [0.25, 0.3) is 0 Å². The van der Waals surface area contributed by atoms with Gasteiger partial charge in [0.2, 0.25) is 0 Å². The quantitative estimate of drug-likeness (QED) is 0.701. The summed E-state index contributed by atoms with van der Waals surface area (Å²) < 4.78 is 18.1. The lowest BCUT2D eigenvalue weighted by molar-refractivity contribution is 0.276. The molecule has 0 amide bonds. The van der Waals surface area contributed by atoms with Crippen LogP contribution in [0.2, 0.25) is 5.02 Å². The van der Waals surface area contributed by atoms with Crippen molar-refractivity contribution in [3.05, 3.63) is 34.6 Å². The lowest BCUT2D eigenvalue weighted by Crippen LogP contribution is -2.20. The number of ether oxygens (including phenoxy) is 1. The number of halogens is 2. The van der Waals surface area contributed by atoms with Crippen molar-refractivity contribution in [2.24, 2.45) is 4.99 Å². The summed E-state index contributed by atoms with van der Waals surface area (Å²) in [5, 5.41) is 0.115. The summed E-state index contributed by atoms with van der Waals surface area (Å²) in [5.41, 5.74) is 0.204. The number of hydrogen-bond donors (Lipinski definition) is 0. The Hall–Kier alpha value is -1.09. The van der Waals surface area contributed by atoms with E-state index < -0.39 is 11.4 Å². The summed E-state index contributed by atoms with van der Waals surface area (Å²) in [6, 6.07) is 4.64. The van der Waals surface area contributed by atoms with Gasteiger partial charge in [-0.1, -0.05) is 17.7 Å². The maximum atomic E-state index is 13.2. The standard InChI is InChI=1S/C10H8ClFNO/c1-10(5-14-6-13-10)7-2-3-8(11)9(12)4-7/h2-4H,5H2,1H3. The molecular weight excluding hydrogens is 205 g/mol. The molecule has 2 rings (SSSR count). The van der Waals surface area contributed by atoms with Crippen molar-refractivity contribution in [3.63, 3.8) is 0 Å². The van der Waals surface area contributed by atoms with E-state index >= 15 is 0 Å². The Labute approximate surface area is 86.4 Å². The van der Waals surface area contributed by atoms with E-state index in [1.807, 2.05) is 6.92 Å². The van der Waals surface area contributed by atoms with Gasteiger partial charge in [0.15, 0.2) is 0 Å². The monoisotopic (exact) mass is 212 g/mol. The van der Waals surface area contributed by atoms with Gasteiger partial charge >= 0.3 is 0 Å². The molecule has 2 nitrogen and oxygen atoms in total. The van der Waals surface area contributed by atoms with Crippen LogP contribution in [0.4, 0.5) is 4.39 Å². The minimum atomic E-state index is -0.536. The van der Waals surface area contributed by atoms with E-state index in [-0.39, 0.29) is 5.02 Å². The van der Waals surface area contributed by atoms with Crippen molar-refractivity contribution in [3.8, 4) is 0 Å². The predicted octanol–water partition coefficient (Wildman–Crippen LogP) is 2.63. The largest absolute Gasteiger partial charge is 0.471 e. The van der Waals surface area contributed by atoms with Gasteiger partial charge in [-0.3, -0.25) is 0 Å². The number of aliphatic imine (C=N–C) groups is 1. The van der Waals surface area contributed by atoms with Gasteiger partial charge in [0.05, 0.1) is 5.02 Å². The zero-order chi connectivity index (χ0) is 10.2. The molecule has 1 radical (unpaired) electrons. The van der Waals surface area contributed by atoms with Crippen LogP contribution in [-0.2, 0) is 10.3 Å². The van der Waals surface area contributed by atoms with Gasteiger partial charge in [-0.15, -0.1) is 0 Å². The zero-order valence-electron chi connectivity index (χ0n) is 7.55. The second-order valence-electron chi connectivity index (χ2n) is 3.39. The number of nitrogens with zero attached hydrogens (tertiary/aromatic N) is 1. The van der Waals surface area contributed by atoms with Crippen LogP contribution in [0, 0.1) is 5.82 Å². The van der Waals surface area contributed by atoms with E-state index in [4.69, 9.17) is 16.3 Å². The molecule has 1 aliphatic heterocycles. The lowest BCUT2D eigenvalue weighted by Gasteiger charge is -2.18. The topological polar surface area (TPSA) is 21.6 Å². The molecule has 4 heteroatoms. The fourth-order valence-corrected chi connectivity index (χ4v) is 1.43. The Bertz CT molecular complexity index is 394. The average Bonchev–Trinajstić information content (AvgIpc) is 2.58. The minimum absolute atomic E-state index is 0.115. The summed E-state index contributed by atoms with van der Waals surface area (Å²) in [6.07, 6.45) is 2.41. The van der Waals surface area contributed by atoms with Crippen molar-refractivity contribution in [1.82, 2.24) is 0 Å². The van der Waals surface area contributed by atoms with Crippen molar-refractivity contribution >= 4 is 18.0 Å². The Balaban J connectivity index is 2.42. The Morgan fingerprint density at radius 3 is 3.00 bits per heavy atom. The number of benzene rings is 1. The third-order valence-corrected chi connectivity index (χ3v) is 2.56. The van der Waals surface area contributed by atoms with E-state index in [9.17, 15) is 4.39 Å². The van der Waals surface area contributed by atoms with Gasteiger partial charge in [-0.2, -0.15) is 0 Å². The van der Waals surface area contributed by atoms with Crippen LogP contribution in [0.1, 0.15) is 12.5 Å². The van der Waals surface area contributed by atoms with Gasteiger partial charge in [0.1, 0.15) is 18.0 Å². The Kier molecular flexibility index (Phi) is 2.19. The highest BCUT2D eigenvalue weighted by atomic mass is 35.5. The molecule has 1 atom stereocenters. The molecule has 1 aliphatic rings. The van der Waals surface area contributed by atoms with Crippen molar-refractivity contribution in [2.45, 2.75) is 12.5 Å². The molecule has 1 aromatic rings. The molecule has 0 saturated carbocycles.